The lowest BCUT2D eigenvalue weighted by molar-refractivity contribution is -0.138. The highest BCUT2D eigenvalue weighted by molar-refractivity contribution is 5.97. The number of hydrogen-bond donors (Lipinski definition) is 5. The minimum absolute atomic E-state index is 0.0345. The van der Waals surface area contributed by atoms with Crippen LogP contribution in [0.5, 0.6) is 11.5 Å². The van der Waals surface area contributed by atoms with Crippen LogP contribution in [-0.4, -0.2) is 58.8 Å². The van der Waals surface area contributed by atoms with Gasteiger partial charge in [-0.1, -0.05) is 12.1 Å². The molecule has 184 valence electrons. The smallest absolute Gasteiger partial charge is 0.326 e. The molecule has 3 aromatic rings. The van der Waals surface area contributed by atoms with Crippen LogP contribution in [0.25, 0.3) is 11.1 Å². The predicted molar refractivity (Wildman–Crippen MR) is 129 cm³/mol. The van der Waals surface area contributed by atoms with Crippen LogP contribution in [0.3, 0.4) is 0 Å². The molecule has 0 bridgehead atoms. The number of fused-ring (bicyclic) bond motifs is 1. The van der Waals surface area contributed by atoms with Crippen LogP contribution in [0.15, 0.2) is 51.9 Å². The van der Waals surface area contributed by atoms with Gasteiger partial charge in [0.25, 0.3) is 6.01 Å². The van der Waals surface area contributed by atoms with Gasteiger partial charge in [-0.15, -0.1) is 0 Å². The highest BCUT2D eigenvalue weighted by Gasteiger charge is 2.20. The third kappa shape index (κ3) is 6.85. The van der Waals surface area contributed by atoms with Gasteiger partial charge in [-0.25, -0.2) is 4.79 Å². The first-order valence-corrected chi connectivity index (χ1v) is 11.3. The number of benzene rings is 2. The number of ether oxygens (including phenoxy) is 1. The van der Waals surface area contributed by atoms with E-state index in [1.807, 2.05) is 0 Å². The van der Waals surface area contributed by atoms with E-state index >= 15 is 0 Å². The highest BCUT2D eigenvalue weighted by Crippen LogP contribution is 2.24. The number of carbonyl (C=O) groups is 2. The summed E-state index contributed by atoms with van der Waals surface area (Å²) >= 11 is 0. The van der Waals surface area contributed by atoms with E-state index in [1.165, 1.54) is 12.1 Å². The van der Waals surface area contributed by atoms with Crippen molar-refractivity contribution >= 4 is 35.0 Å². The first-order chi connectivity index (χ1) is 17.0. The quantitative estimate of drug-likeness (QED) is 0.274. The summed E-state index contributed by atoms with van der Waals surface area (Å²) in [4.78, 5) is 32.1. The van der Waals surface area contributed by atoms with E-state index in [9.17, 15) is 19.8 Å². The van der Waals surface area contributed by atoms with E-state index in [-0.39, 0.29) is 24.1 Å². The van der Waals surface area contributed by atoms with Gasteiger partial charge in [0.05, 0.1) is 6.61 Å². The van der Waals surface area contributed by atoms with Crippen molar-refractivity contribution in [3.8, 4) is 11.5 Å². The van der Waals surface area contributed by atoms with Crippen molar-refractivity contribution in [3.63, 3.8) is 0 Å². The fourth-order valence-corrected chi connectivity index (χ4v) is 3.52. The van der Waals surface area contributed by atoms with Gasteiger partial charge >= 0.3 is 5.97 Å². The molecule has 2 heterocycles. The molecule has 0 aliphatic carbocycles. The maximum Gasteiger partial charge on any atom is 0.326 e. The van der Waals surface area contributed by atoms with Gasteiger partial charge in [0, 0.05) is 32.0 Å². The number of aliphatic imine (C=N–C) groups is 1. The Kier molecular flexibility index (Phi) is 7.66. The molecule has 0 fully saturated rings. The van der Waals surface area contributed by atoms with Gasteiger partial charge < -0.3 is 30.0 Å². The standard InChI is InChI=1S/C24H27N5O6/c30-16-6-9-18-20(14-16)35-24(27-18)28-19(22(32)33)13-15-4-7-17(8-5-15)34-12-1-3-21(31)29-23-25-10-2-11-26-23/h4-9,14,19,30H,1-3,10-13H2,(H,27,28)(H,32,33)(H2,25,26,29,31)/t19-/m0/s1. The van der Waals surface area contributed by atoms with E-state index < -0.39 is 12.0 Å². The Morgan fingerprint density at radius 3 is 2.77 bits per heavy atom. The molecule has 1 atom stereocenters. The molecule has 0 unspecified atom stereocenters. The number of carbonyl (C=O) groups excluding carboxylic acids is 1. The molecule has 1 aliphatic rings. The zero-order valence-corrected chi connectivity index (χ0v) is 19.0. The van der Waals surface area contributed by atoms with Gasteiger partial charge in [-0.2, -0.15) is 4.98 Å². The van der Waals surface area contributed by atoms with Crippen LogP contribution in [-0.2, 0) is 16.0 Å². The van der Waals surface area contributed by atoms with E-state index in [1.54, 1.807) is 30.3 Å². The molecule has 0 radical (unpaired) electrons. The van der Waals surface area contributed by atoms with Crippen molar-refractivity contribution in [2.75, 3.05) is 25.0 Å². The molecule has 35 heavy (non-hydrogen) atoms. The zero-order valence-electron chi connectivity index (χ0n) is 19.0. The topological polar surface area (TPSA) is 158 Å². The average molecular weight is 482 g/mol. The van der Waals surface area contributed by atoms with Crippen LogP contribution in [0.1, 0.15) is 24.8 Å². The van der Waals surface area contributed by atoms with E-state index in [4.69, 9.17) is 9.15 Å². The second-order valence-electron chi connectivity index (χ2n) is 8.07. The first-order valence-electron chi connectivity index (χ1n) is 11.3. The number of carboxylic acid groups (broad SMARTS) is 1. The lowest BCUT2D eigenvalue weighted by Gasteiger charge is -2.15. The molecule has 0 saturated heterocycles. The Hall–Kier alpha value is -4.28. The molecule has 2 aromatic carbocycles. The highest BCUT2D eigenvalue weighted by atomic mass is 16.5. The second-order valence-corrected chi connectivity index (χ2v) is 8.07. The summed E-state index contributed by atoms with van der Waals surface area (Å²) in [5.74, 6) is 0.0313. The number of guanidine groups is 1. The third-order valence-electron chi connectivity index (χ3n) is 5.30. The molecule has 5 N–H and O–H groups in total. The number of amides is 1. The third-order valence-corrected chi connectivity index (χ3v) is 5.30. The normalized spacial score (nSPS) is 14.0. The number of oxazole rings is 1. The second kappa shape index (κ2) is 11.2. The average Bonchev–Trinajstić information content (AvgIpc) is 3.24. The summed E-state index contributed by atoms with van der Waals surface area (Å²) in [6, 6.07) is 10.7. The number of hydrogen-bond acceptors (Lipinski definition) is 9. The van der Waals surface area contributed by atoms with E-state index in [0.29, 0.717) is 48.8 Å². The predicted octanol–water partition coefficient (Wildman–Crippen LogP) is 2.27. The van der Waals surface area contributed by atoms with Gasteiger partial charge in [-0.05, 0) is 42.7 Å². The maximum absolute atomic E-state index is 12.0. The Balaban J connectivity index is 1.24. The molecular formula is C24H27N5O6. The SMILES string of the molecule is O=C(CCCOc1ccc(C[C@H](Nc2nc3ccc(O)cc3o2)C(=O)O)cc1)NC1=NCCCN1. The maximum atomic E-state index is 12.0. The number of anilines is 1. The molecule has 11 nitrogen and oxygen atoms in total. The van der Waals surface area contributed by atoms with Gasteiger partial charge in [0.1, 0.15) is 23.1 Å². The Morgan fingerprint density at radius 2 is 2.03 bits per heavy atom. The summed E-state index contributed by atoms with van der Waals surface area (Å²) < 4.78 is 11.2. The molecule has 4 rings (SSSR count). The summed E-state index contributed by atoms with van der Waals surface area (Å²) in [5.41, 5.74) is 1.65. The minimum Gasteiger partial charge on any atom is -0.508 e. The van der Waals surface area contributed by atoms with E-state index in [2.05, 4.69) is 25.9 Å². The Bertz CT molecular complexity index is 1210. The number of phenolic OH excluding ortho intramolecular Hbond substituents is 1. The number of carboxylic acids is 1. The van der Waals surface area contributed by atoms with Gasteiger partial charge in [0.15, 0.2) is 11.5 Å². The number of rotatable bonds is 10. The van der Waals surface area contributed by atoms with Crippen molar-refractivity contribution in [3.05, 3.63) is 48.0 Å². The molecular weight excluding hydrogens is 454 g/mol. The summed E-state index contributed by atoms with van der Waals surface area (Å²) in [7, 11) is 0. The van der Waals surface area contributed by atoms with Crippen LogP contribution < -0.4 is 20.7 Å². The van der Waals surface area contributed by atoms with Crippen molar-refractivity contribution in [1.29, 1.82) is 0 Å². The lowest BCUT2D eigenvalue weighted by atomic mass is 10.1. The van der Waals surface area contributed by atoms with Crippen LogP contribution in [0.4, 0.5) is 6.01 Å². The summed E-state index contributed by atoms with van der Waals surface area (Å²) in [6.45, 7) is 1.90. The fraction of sp³-hybridized carbons (Fsp3) is 0.333. The monoisotopic (exact) mass is 481 g/mol. The number of phenols is 1. The van der Waals surface area contributed by atoms with Crippen LogP contribution >= 0.6 is 0 Å². The Labute approximate surface area is 201 Å². The number of aliphatic carboxylic acids is 1. The number of nitrogens with zero attached hydrogens (tertiary/aromatic N) is 2. The molecule has 1 aliphatic heterocycles. The fourth-order valence-electron chi connectivity index (χ4n) is 3.52. The molecule has 0 saturated carbocycles. The largest absolute Gasteiger partial charge is 0.508 e. The lowest BCUT2D eigenvalue weighted by Crippen LogP contribution is -2.43. The first kappa shape index (κ1) is 23.9. The van der Waals surface area contributed by atoms with Crippen molar-refractivity contribution < 1.29 is 29.0 Å². The summed E-state index contributed by atoms with van der Waals surface area (Å²) in [6.07, 6.45) is 2.02. The Morgan fingerprint density at radius 1 is 1.20 bits per heavy atom. The molecule has 1 amide bonds. The van der Waals surface area contributed by atoms with Gasteiger partial charge in [0.2, 0.25) is 5.91 Å². The minimum atomic E-state index is -1.05. The molecule has 0 spiro atoms. The number of nitrogens with one attached hydrogen (secondary N) is 3. The summed E-state index contributed by atoms with van der Waals surface area (Å²) in [5, 5.41) is 27.7. The zero-order chi connectivity index (χ0) is 24.6. The van der Waals surface area contributed by atoms with Crippen LogP contribution in [0.2, 0.25) is 0 Å². The number of aromatic hydroxyl groups is 1. The molecule has 11 heteroatoms. The van der Waals surface area contributed by atoms with Crippen molar-refractivity contribution in [1.82, 2.24) is 15.6 Å². The van der Waals surface area contributed by atoms with Crippen molar-refractivity contribution in [2.45, 2.75) is 31.7 Å². The van der Waals surface area contributed by atoms with Crippen molar-refractivity contribution in [2.24, 2.45) is 4.99 Å². The van der Waals surface area contributed by atoms with Crippen LogP contribution in [0, 0.1) is 0 Å². The van der Waals surface area contributed by atoms with E-state index in [0.717, 1.165) is 18.5 Å². The molecule has 1 aromatic heterocycles. The number of aromatic nitrogens is 1. The van der Waals surface area contributed by atoms with Gasteiger partial charge in [-0.3, -0.25) is 15.1 Å².